The van der Waals surface area contributed by atoms with Gasteiger partial charge in [-0.25, -0.2) is 9.78 Å². The van der Waals surface area contributed by atoms with E-state index in [-0.39, 0.29) is 29.0 Å². The Kier molecular flexibility index (Phi) is 7.04. The van der Waals surface area contributed by atoms with E-state index in [0.29, 0.717) is 11.3 Å². The van der Waals surface area contributed by atoms with Crippen LogP contribution in [0.4, 0.5) is 23.8 Å². The average Bonchev–Trinajstić information content (AvgIpc) is 2.74. The first-order valence-corrected chi connectivity index (χ1v) is 9.54. The fourth-order valence-electron chi connectivity index (χ4n) is 2.56. The smallest absolute Gasteiger partial charge is 0.464 e. The minimum absolute atomic E-state index is 0.0263. The van der Waals surface area contributed by atoms with Crippen molar-refractivity contribution in [3.05, 3.63) is 54.6 Å². The molecular formula is C21H18F3N5O5. The van der Waals surface area contributed by atoms with Gasteiger partial charge < -0.3 is 25.7 Å². The molecule has 1 aromatic heterocycles. The van der Waals surface area contributed by atoms with E-state index in [1.807, 2.05) is 0 Å². The molecule has 2 aromatic carbocycles. The number of nitrogens with two attached hydrogens (primary N) is 2. The van der Waals surface area contributed by atoms with Gasteiger partial charge in [-0.05, 0) is 55.5 Å². The lowest BCUT2D eigenvalue weighted by molar-refractivity contribution is -0.274. The fraction of sp³-hybridized carbons (Fsp3) is 0.143. The molecule has 0 radical (unpaired) electrons. The van der Waals surface area contributed by atoms with E-state index in [1.54, 1.807) is 24.3 Å². The highest BCUT2D eigenvalue weighted by Gasteiger charge is 2.31. The Hall–Kier alpha value is -4.55. The maximum absolute atomic E-state index is 12.3. The van der Waals surface area contributed by atoms with Gasteiger partial charge in [0.2, 0.25) is 5.88 Å². The number of halogens is 3. The predicted molar refractivity (Wildman–Crippen MR) is 113 cm³/mol. The summed E-state index contributed by atoms with van der Waals surface area (Å²) in [5, 5.41) is 2.31. The second kappa shape index (κ2) is 9.94. The first-order chi connectivity index (χ1) is 16.0. The number of carbonyl (C=O) groups excluding carboxylic acids is 2. The molecule has 0 aliphatic rings. The summed E-state index contributed by atoms with van der Waals surface area (Å²) in [5.41, 5.74) is 10.8. The van der Waals surface area contributed by atoms with E-state index in [9.17, 15) is 22.8 Å². The van der Waals surface area contributed by atoms with Gasteiger partial charge in [-0.1, -0.05) is 0 Å². The van der Waals surface area contributed by atoms with Gasteiger partial charge in [0.1, 0.15) is 23.1 Å². The highest BCUT2D eigenvalue weighted by atomic mass is 19.4. The van der Waals surface area contributed by atoms with E-state index < -0.39 is 24.4 Å². The van der Waals surface area contributed by atoms with Crippen LogP contribution in [0.15, 0.2) is 54.6 Å². The van der Waals surface area contributed by atoms with Crippen LogP contribution in [0.3, 0.4) is 0 Å². The number of nitrogens with zero attached hydrogens (tertiary/aromatic N) is 2. The number of benzene rings is 2. The molecule has 0 spiro atoms. The third kappa shape index (κ3) is 6.98. The second-order valence-electron chi connectivity index (χ2n) is 6.71. The molecule has 0 saturated heterocycles. The van der Waals surface area contributed by atoms with Crippen molar-refractivity contribution in [2.75, 3.05) is 5.32 Å². The first-order valence-electron chi connectivity index (χ1n) is 9.54. The summed E-state index contributed by atoms with van der Waals surface area (Å²) in [6.45, 7) is 1.43. The van der Waals surface area contributed by atoms with Crippen LogP contribution in [0.25, 0.3) is 11.4 Å². The summed E-state index contributed by atoms with van der Waals surface area (Å²) < 4.78 is 51.6. The molecule has 10 nitrogen and oxygen atoms in total. The van der Waals surface area contributed by atoms with Gasteiger partial charge in [0.15, 0.2) is 11.9 Å². The van der Waals surface area contributed by atoms with Gasteiger partial charge in [-0.15, -0.1) is 13.2 Å². The van der Waals surface area contributed by atoms with Gasteiger partial charge >= 0.3 is 12.4 Å². The second-order valence-corrected chi connectivity index (χ2v) is 6.71. The molecule has 1 unspecified atom stereocenters. The highest BCUT2D eigenvalue weighted by Crippen LogP contribution is 2.29. The van der Waals surface area contributed by atoms with E-state index in [2.05, 4.69) is 20.0 Å². The molecule has 0 fully saturated rings. The summed E-state index contributed by atoms with van der Waals surface area (Å²) in [5.74, 6) is -0.296. The normalized spacial score (nSPS) is 11.9. The third-order valence-corrected chi connectivity index (χ3v) is 4.06. The van der Waals surface area contributed by atoms with Crippen LogP contribution >= 0.6 is 0 Å². The zero-order chi connectivity index (χ0) is 24.9. The number of alkyl halides is 3. The molecule has 0 aliphatic heterocycles. The minimum Gasteiger partial charge on any atom is -0.464 e. The van der Waals surface area contributed by atoms with Crippen LogP contribution in [0.2, 0.25) is 0 Å². The van der Waals surface area contributed by atoms with E-state index in [4.69, 9.17) is 20.9 Å². The van der Waals surface area contributed by atoms with Crippen LogP contribution in [0.1, 0.15) is 6.92 Å². The summed E-state index contributed by atoms with van der Waals surface area (Å²) in [6.07, 6.45) is -5.78. The number of primary amides is 2. The number of hydrogen-bond acceptors (Lipinski definition) is 7. The van der Waals surface area contributed by atoms with Crippen molar-refractivity contribution in [1.29, 1.82) is 0 Å². The van der Waals surface area contributed by atoms with E-state index in [0.717, 1.165) is 12.1 Å². The standard InChI is InChI=1S/C21H18F3N5O5/c1-11(18(25)30)32-17-10-16(28-20(26)31)27-19(29-17)12-2-4-13(5-3-12)33-14-6-8-15(9-7-14)34-21(22,23)24/h2-11H,1H3,(H2,25,30)(H3,26,27,28,29,31). The molecule has 0 bridgehead atoms. The number of urea groups is 1. The Bertz CT molecular complexity index is 1170. The van der Waals surface area contributed by atoms with Crippen molar-refractivity contribution < 1.29 is 37.0 Å². The molecule has 3 amide bonds. The lowest BCUT2D eigenvalue weighted by Gasteiger charge is -2.13. The molecule has 3 rings (SSSR count). The molecule has 5 N–H and O–H groups in total. The van der Waals surface area contributed by atoms with Gasteiger partial charge in [-0.2, -0.15) is 4.98 Å². The third-order valence-electron chi connectivity index (χ3n) is 4.06. The summed E-state index contributed by atoms with van der Waals surface area (Å²) in [4.78, 5) is 30.9. The molecule has 3 aromatic rings. The van der Waals surface area contributed by atoms with Crippen molar-refractivity contribution in [2.24, 2.45) is 11.5 Å². The highest BCUT2D eigenvalue weighted by molar-refractivity contribution is 5.87. The number of rotatable bonds is 8. The molecular weight excluding hydrogens is 459 g/mol. The minimum atomic E-state index is -4.78. The number of nitrogens with one attached hydrogen (secondary N) is 1. The van der Waals surface area contributed by atoms with Crippen molar-refractivity contribution in [3.8, 4) is 34.5 Å². The van der Waals surface area contributed by atoms with Crippen molar-refractivity contribution >= 4 is 17.8 Å². The molecule has 1 heterocycles. The Morgan fingerprint density at radius 2 is 1.50 bits per heavy atom. The quantitative estimate of drug-likeness (QED) is 0.448. The Labute approximate surface area is 190 Å². The monoisotopic (exact) mass is 477 g/mol. The maximum Gasteiger partial charge on any atom is 0.573 e. The number of anilines is 1. The average molecular weight is 477 g/mol. The molecule has 0 aliphatic carbocycles. The van der Waals surface area contributed by atoms with Crippen molar-refractivity contribution in [2.45, 2.75) is 19.4 Å². The summed E-state index contributed by atoms with van der Waals surface area (Å²) in [6, 6.07) is 11.6. The van der Waals surface area contributed by atoms with E-state index >= 15 is 0 Å². The molecule has 13 heteroatoms. The van der Waals surface area contributed by atoms with Gasteiger partial charge in [0, 0.05) is 11.6 Å². The van der Waals surface area contributed by atoms with Crippen molar-refractivity contribution in [3.63, 3.8) is 0 Å². The lowest BCUT2D eigenvalue weighted by Crippen LogP contribution is -2.31. The van der Waals surface area contributed by atoms with Crippen LogP contribution in [-0.2, 0) is 4.79 Å². The van der Waals surface area contributed by atoms with Crippen molar-refractivity contribution in [1.82, 2.24) is 9.97 Å². The molecule has 34 heavy (non-hydrogen) atoms. The number of amides is 3. The zero-order valence-corrected chi connectivity index (χ0v) is 17.5. The number of ether oxygens (including phenoxy) is 3. The number of carbonyl (C=O) groups is 2. The van der Waals surface area contributed by atoms with Gasteiger partial charge in [0.05, 0.1) is 0 Å². The lowest BCUT2D eigenvalue weighted by atomic mass is 10.2. The predicted octanol–water partition coefficient (Wildman–Crippen LogP) is 3.58. The summed E-state index contributed by atoms with van der Waals surface area (Å²) >= 11 is 0. The Balaban J connectivity index is 1.78. The van der Waals surface area contributed by atoms with Gasteiger partial charge in [-0.3, -0.25) is 10.1 Å². The Morgan fingerprint density at radius 1 is 0.941 bits per heavy atom. The van der Waals surface area contributed by atoms with Crippen LogP contribution < -0.4 is 31.0 Å². The molecule has 1 atom stereocenters. The van der Waals surface area contributed by atoms with Gasteiger partial charge in [0.25, 0.3) is 5.91 Å². The van der Waals surface area contributed by atoms with E-state index in [1.165, 1.54) is 25.1 Å². The van der Waals surface area contributed by atoms with Crippen LogP contribution in [0, 0.1) is 0 Å². The molecule has 178 valence electrons. The SMILES string of the molecule is CC(Oc1cc(NC(N)=O)nc(-c2ccc(Oc3ccc(OC(F)(F)F)cc3)cc2)n1)C(N)=O. The zero-order valence-electron chi connectivity index (χ0n) is 17.5. The van der Waals surface area contributed by atoms with Crippen LogP contribution in [0.5, 0.6) is 23.1 Å². The number of hydrogen-bond donors (Lipinski definition) is 3. The first kappa shape index (κ1) is 24.1. The summed E-state index contributed by atoms with van der Waals surface area (Å²) in [7, 11) is 0. The Morgan fingerprint density at radius 3 is 2.03 bits per heavy atom. The van der Waals surface area contributed by atoms with Crippen LogP contribution in [-0.4, -0.2) is 34.4 Å². The molecule has 0 saturated carbocycles. The number of aromatic nitrogens is 2. The topological polar surface area (TPSA) is 152 Å². The fourth-order valence-corrected chi connectivity index (χ4v) is 2.56. The maximum atomic E-state index is 12.3. The largest absolute Gasteiger partial charge is 0.573 e.